The van der Waals surface area contributed by atoms with Gasteiger partial charge in [-0.25, -0.2) is 0 Å². The number of rotatable bonds is 33. The third-order valence-corrected chi connectivity index (χ3v) is 8.58. The van der Waals surface area contributed by atoms with E-state index in [9.17, 15) is 20.1 Å². The van der Waals surface area contributed by atoms with Gasteiger partial charge >= 0.3 is 0 Å². The van der Waals surface area contributed by atoms with E-state index in [1.54, 1.807) is 0 Å². The molecule has 0 aliphatic rings. The Hall–Kier alpha value is -1.17. The monoisotopic (exact) mass is 608 g/mol. The Labute approximate surface area is 267 Å². The molecule has 0 rings (SSSR count). The van der Waals surface area contributed by atoms with E-state index in [4.69, 9.17) is 0 Å². The summed E-state index contributed by atoms with van der Waals surface area (Å²) in [5.74, 6) is -0.0942. The van der Waals surface area contributed by atoms with Gasteiger partial charge in [0.05, 0.1) is 12.1 Å². The Morgan fingerprint density at radius 3 is 1.51 bits per heavy atom. The van der Waals surface area contributed by atoms with E-state index >= 15 is 0 Å². The van der Waals surface area contributed by atoms with Crippen molar-refractivity contribution in [2.45, 2.75) is 205 Å². The molecule has 0 saturated carbocycles. The molecule has 1 amide bonds. The maximum atomic E-state index is 12.5. The predicted octanol–water partition coefficient (Wildman–Crippen LogP) is 9.87. The standard InChI is InChI=1S/C38H73NO4/c1-3-5-7-9-11-13-15-16-17-18-19-20-22-24-26-28-30-32-37(42)39-35(33-34-40)38(43)36(41)31-29-27-25-23-21-14-12-10-8-6-4-2/h11,13,15-16,35-36,38,40-41,43H,3-10,12,14,17-34H2,1-2H3,(H,39,42). The second-order valence-corrected chi connectivity index (χ2v) is 12.8. The van der Waals surface area contributed by atoms with Crippen molar-refractivity contribution in [3.63, 3.8) is 0 Å². The Balaban J connectivity index is 3.81. The van der Waals surface area contributed by atoms with Gasteiger partial charge in [0.25, 0.3) is 0 Å². The molecule has 0 spiro atoms. The van der Waals surface area contributed by atoms with Crippen molar-refractivity contribution in [1.82, 2.24) is 5.32 Å². The molecular formula is C38H73NO4. The summed E-state index contributed by atoms with van der Waals surface area (Å²) in [7, 11) is 0. The summed E-state index contributed by atoms with van der Waals surface area (Å²) >= 11 is 0. The Bertz CT molecular complexity index is 635. The molecule has 0 aromatic rings. The maximum absolute atomic E-state index is 12.5. The molecule has 0 saturated heterocycles. The number of hydrogen-bond donors (Lipinski definition) is 4. The summed E-state index contributed by atoms with van der Waals surface area (Å²) in [6.45, 7) is 4.36. The molecule has 0 aromatic carbocycles. The predicted molar refractivity (Wildman–Crippen MR) is 185 cm³/mol. The average Bonchev–Trinajstić information content (AvgIpc) is 3.00. The summed E-state index contributed by atoms with van der Waals surface area (Å²) in [6.07, 6.45) is 37.5. The second kappa shape index (κ2) is 33.7. The summed E-state index contributed by atoms with van der Waals surface area (Å²) in [4.78, 5) is 12.5. The highest BCUT2D eigenvalue weighted by Gasteiger charge is 2.27. The summed E-state index contributed by atoms with van der Waals surface area (Å²) in [5.41, 5.74) is 0. The molecule has 254 valence electrons. The van der Waals surface area contributed by atoms with Crippen LogP contribution >= 0.6 is 0 Å². The Kier molecular flexibility index (Phi) is 32.8. The molecule has 0 aliphatic carbocycles. The number of aliphatic hydroxyl groups excluding tert-OH is 3. The lowest BCUT2D eigenvalue weighted by atomic mass is 9.97. The molecule has 5 nitrogen and oxygen atoms in total. The molecule has 43 heavy (non-hydrogen) atoms. The van der Waals surface area contributed by atoms with Gasteiger partial charge in [0.1, 0.15) is 6.10 Å². The zero-order chi connectivity index (χ0) is 31.6. The fourth-order valence-corrected chi connectivity index (χ4v) is 5.67. The number of aliphatic hydroxyl groups is 3. The molecule has 0 heterocycles. The molecule has 0 aromatic heterocycles. The lowest BCUT2D eigenvalue weighted by molar-refractivity contribution is -0.123. The lowest BCUT2D eigenvalue weighted by Crippen LogP contribution is -2.49. The van der Waals surface area contributed by atoms with E-state index in [0.717, 1.165) is 38.5 Å². The van der Waals surface area contributed by atoms with Crippen LogP contribution in [0.4, 0.5) is 0 Å². The van der Waals surface area contributed by atoms with Crippen molar-refractivity contribution in [2.24, 2.45) is 0 Å². The number of nitrogens with one attached hydrogen (secondary N) is 1. The number of hydrogen-bond acceptors (Lipinski definition) is 4. The van der Waals surface area contributed by atoms with E-state index in [1.165, 1.54) is 116 Å². The van der Waals surface area contributed by atoms with Crippen molar-refractivity contribution in [1.29, 1.82) is 0 Å². The highest BCUT2D eigenvalue weighted by atomic mass is 16.3. The van der Waals surface area contributed by atoms with Crippen LogP contribution in [-0.2, 0) is 4.79 Å². The minimum absolute atomic E-state index is 0.0942. The van der Waals surface area contributed by atoms with Gasteiger partial charge < -0.3 is 20.6 Å². The molecule has 3 unspecified atom stereocenters. The normalized spacial score (nSPS) is 14.1. The smallest absolute Gasteiger partial charge is 0.220 e. The lowest BCUT2D eigenvalue weighted by Gasteiger charge is -2.27. The third kappa shape index (κ3) is 29.3. The molecule has 0 bridgehead atoms. The van der Waals surface area contributed by atoms with E-state index < -0.39 is 18.2 Å². The molecule has 0 radical (unpaired) electrons. The van der Waals surface area contributed by atoms with Gasteiger partial charge in [-0.1, -0.05) is 160 Å². The van der Waals surface area contributed by atoms with Crippen LogP contribution in [0.2, 0.25) is 0 Å². The van der Waals surface area contributed by atoms with Crippen LogP contribution in [0.1, 0.15) is 187 Å². The maximum Gasteiger partial charge on any atom is 0.220 e. The first-order chi connectivity index (χ1) is 21.1. The zero-order valence-corrected chi connectivity index (χ0v) is 28.6. The first kappa shape index (κ1) is 41.8. The molecule has 5 heteroatoms. The number of carbonyl (C=O) groups excluding carboxylic acids is 1. The summed E-state index contributed by atoms with van der Waals surface area (Å²) in [5, 5.41) is 33.5. The highest BCUT2D eigenvalue weighted by molar-refractivity contribution is 5.76. The second-order valence-electron chi connectivity index (χ2n) is 12.8. The molecule has 0 aliphatic heterocycles. The van der Waals surface area contributed by atoms with Crippen LogP contribution in [0.15, 0.2) is 24.3 Å². The van der Waals surface area contributed by atoms with Crippen molar-refractivity contribution in [3.8, 4) is 0 Å². The number of amides is 1. The van der Waals surface area contributed by atoms with E-state index in [-0.39, 0.29) is 18.9 Å². The Morgan fingerprint density at radius 1 is 0.581 bits per heavy atom. The van der Waals surface area contributed by atoms with Crippen molar-refractivity contribution < 1.29 is 20.1 Å². The number of allylic oxidation sites excluding steroid dienone is 4. The zero-order valence-electron chi connectivity index (χ0n) is 28.6. The van der Waals surface area contributed by atoms with E-state index in [2.05, 4.69) is 43.5 Å². The third-order valence-electron chi connectivity index (χ3n) is 8.58. The van der Waals surface area contributed by atoms with Gasteiger partial charge in [0.2, 0.25) is 5.91 Å². The van der Waals surface area contributed by atoms with Gasteiger partial charge in [-0.15, -0.1) is 0 Å². The van der Waals surface area contributed by atoms with Gasteiger partial charge in [0.15, 0.2) is 0 Å². The molecular weight excluding hydrogens is 534 g/mol. The average molecular weight is 608 g/mol. The minimum atomic E-state index is -1.04. The molecule has 4 N–H and O–H groups in total. The van der Waals surface area contributed by atoms with Gasteiger partial charge in [-0.2, -0.15) is 0 Å². The van der Waals surface area contributed by atoms with E-state index in [0.29, 0.717) is 12.8 Å². The first-order valence-corrected chi connectivity index (χ1v) is 18.6. The quantitative estimate of drug-likeness (QED) is 0.0441. The van der Waals surface area contributed by atoms with Gasteiger partial charge in [-0.3, -0.25) is 4.79 Å². The van der Waals surface area contributed by atoms with Crippen LogP contribution in [0, 0.1) is 0 Å². The van der Waals surface area contributed by atoms with Gasteiger partial charge in [0, 0.05) is 13.0 Å². The summed E-state index contributed by atoms with van der Waals surface area (Å²) in [6, 6.07) is -0.600. The van der Waals surface area contributed by atoms with Crippen molar-refractivity contribution in [3.05, 3.63) is 24.3 Å². The number of carbonyl (C=O) groups is 1. The van der Waals surface area contributed by atoms with Crippen LogP contribution in [-0.4, -0.2) is 46.1 Å². The van der Waals surface area contributed by atoms with E-state index in [1.807, 2.05) is 0 Å². The van der Waals surface area contributed by atoms with Crippen LogP contribution in [0.25, 0.3) is 0 Å². The van der Waals surface area contributed by atoms with Crippen LogP contribution in [0.3, 0.4) is 0 Å². The number of unbranched alkanes of at least 4 members (excludes halogenated alkanes) is 21. The van der Waals surface area contributed by atoms with Crippen molar-refractivity contribution >= 4 is 5.91 Å². The largest absolute Gasteiger partial charge is 0.396 e. The fraction of sp³-hybridized carbons (Fsp3) is 0.868. The van der Waals surface area contributed by atoms with Gasteiger partial charge in [-0.05, 0) is 44.9 Å². The van der Waals surface area contributed by atoms with Crippen molar-refractivity contribution in [2.75, 3.05) is 6.61 Å². The van der Waals surface area contributed by atoms with Crippen LogP contribution < -0.4 is 5.32 Å². The molecule has 3 atom stereocenters. The summed E-state index contributed by atoms with van der Waals surface area (Å²) < 4.78 is 0. The fourth-order valence-electron chi connectivity index (χ4n) is 5.67. The Morgan fingerprint density at radius 2 is 1.00 bits per heavy atom. The topological polar surface area (TPSA) is 89.8 Å². The minimum Gasteiger partial charge on any atom is -0.396 e. The van der Waals surface area contributed by atoms with Crippen LogP contribution in [0.5, 0.6) is 0 Å². The SMILES string of the molecule is CCCCCC=CC=CCCCCCCCCCCC(=O)NC(CCO)C(O)C(O)CCCCCCCCCCCCC. The highest BCUT2D eigenvalue weighted by Crippen LogP contribution is 2.16. The first-order valence-electron chi connectivity index (χ1n) is 18.6. The molecule has 0 fully saturated rings.